The van der Waals surface area contributed by atoms with Crippen LogP contribution in [0.4, 0.5) is 0 Å². The van der Waals surface area contributed by atoms with Gasteiger partial charge in [-0.1, -0.05) is 72.5 Å². The highest BCUT2D eigenvalue weighted by Gasteiger charge is 2.29. The molecule has 148 valence electrons. The number of Topliss-reactive ketones (excluding diaryl/α,β-unsaturated/α-hetero) is 1. The Hall–Kier alpha value is -0.630. The van der Waals surface area contributed by atoms with E-state index < -0.39 is 0 Å². The molecule has 0 aromatic carbocycles. The van der Waals surface area contributed by atoms with E-state index in [1.165, 1.54) is 32.1 Å². The molecule has 0 fully saturated rings. The van der Waals surface area contributed by atoms with Gasteiger partial charge in [-0.05, 0) is 56.3 Å². The number of hydrogen-bond acceptors (Lipinski definition) is 2. The molecular formula is C23H44O2. The highest BCUT2D eigenvalue weighted by molar-refractivity contribution is 5.75. The number of aliphatic hydroxyl groups is 1. The molecule has 0 aromatic heterocycles. The summed E-state index contributed by atoms with van der Waals surface area (Å²) in [6.07, 6.45) is 15.9. The van der Waals surface area contributed by atoms with Crippen LogP contribution in [0.15, 0.2) is 12.2 Å². The molecular weight excluding hydrogens is 308 g/mol. The van der Waals surface area contributed by atoms with Gasteiger partial charge in [-0.3, -0.25) is 0 Å². The lowest BCUT2D eigenvalue weighted by atomic mass is 9.71. The standard InChI is InChI=1S/C23H44O2/c1-7-22(3,4)19-23(5,6)18-21(25)17-15-13-11-9-8-10-12-14-16-20(2)24/h13,15,21,25H,7-12,14,16-19H2,1-6H3. The molecule has 0 aromatic rings. The van der Waals surface area contributed by atoms with Crippen LogP contribution < -0.4 is 0 Å². The van der Waals surface area contributed by atoms with E-state index in [4.69, 9.17) is 0 Å². The second kappa shape index (κ2) is 12.7. The van der Waals surface area contributed by atoms with Crippen molar-refractivity contribution in [2.75, 3.05) is 0 Å². The summed E-state index contributed by atoms with van der Waals surface area (Å²) in [4.78, 5) is 10.8. The summed E-state index contributed by atoms with van der Waals surface area (Å²) in [5, 5.41) is 10.3. The maximum Gasteiger partial charge on any atom is 0.129 e. The number of carbonyl (C=O) groups excluding carboxylic acids is 1. The first-order chi connectivity index (χ1) is 11.6. The fraction of sp³-hybridized carbons (Fsp3) is 0.870. The minimum Gasteiger partial charge on any atom is -0.393 e. The van der Waals surface area contributed by atoms with E-state index in [2.05, 4.69) is 46.8 Å². The van der Waals surface area contributed by atoms with Crippen LogP contribution in [0.2, 0.25) is 0 Å². The molecule has 0 heterocycles. The molecule has 0 aliphatic carbocycles. The Morgan fingerprint density at radius 1 is 0.960 bits per heavy atom. The molecule has 0 rings (SSSR count). The maximum atomic E-state index is 10.8. The van der Waals surface area contributed by atoms with Crippen LogP contribution in [-0.2, 0) is 4.79 Å². The Morgan fingerprint density at radius 3 is 2.16 bits per heavy atom. The first-order valence-electron chi connectivity index (χ1n) is 10.4. The van der Waals surface area contributed by atoms with Gasteiger partial charge in [0.15, 0.2) is 0 Å². The second-order valence-corrected chi connectivity index (χ2v) is 9.43. The molecule has 1 N–H and O–H groups in total. The quantitative estimate of drug-likeness (QED) is 0.258. The number of aliphatic hydroxyl groups excluding tert-OH is 1. The van der Waals surface area contributed by atoms with Crippen molar-refractivity contribution < 1.29 is 9.90 Å². The largest absolute Gasteiger partial charge is 0.393 e. The molecule has 2 nitrogen and oxygen atoms in total. The van der Waals surface area contributed by atoms with E-state index in [0.29, 0.717) is 11.2 Å². The minimum atomic E-state index is -0.231. The SMILES string of the molecule is CCC(C)(C)CC(C)(C)CC(O)CC=CCCCCCCCC(C)=O. The Labute approximate surface area is 157 Å². The van der Waals surface area contributed by atoms with Gasteiger partial charge in [0.2, 0.25) is 0 Å². The highest BCUT2D eigenvalue weighted by atomic mass is 16.3. The number of hydrogen-bond donors (Lipinski definition) is 1. The molecule has 0 saturated heterocycles. The van der Waals surface area contributed by atoms with Crippen LogP contribution in [0.25, 0.3) is 0 Å². The predicted molar refractivity (Wildman–Crippen MR) is 110 cm³/mol. The topological polar surface area (TPSA) is 37.3 Å². The lowest BCUT2D eigenvalue weighted by molar-refractivity contribution is -0.117. The average Bonchev–Trinajstić information content (AvgIpc) is 2.47. The lowest BCUT2D eigenvalue weighted by Gasteiger charge is -2.35. The van der Waals surface area contributed by atoms with Crippen molar-refractivity contribution in [3.05, 3.63) is 12.2 Å². The zero-order chi connectivity index (χ0) is 19.3. The molecule has 0 saturated carbocycles. The zero-order valence-electron chi connectivity index (χ0n) is 17.9. The van der Waals surface area contributed by atoms with E-state index in [9.17, 15) is 9.90 Å². The van der Waals surface area contributed by atoms with Gasteiger partial charge >= 0.3 is 0 Å². The molecule has 0 aliphatic heterocycles. The summed E-state index contributed by atoms with van der Waals surface area (Å²) in [6.45, 7) is 13.1. The summed E-state index contributed by atoms with van der Waals surface area (Å²) >= 11 is 0. The van der Waals surface area contributed by atoms with E-state index in [-0.39, 0.29) is 11.5 Å². The normalized spacial score (nSPS) is 14.2. The number of rotatable bonds is 15. The van der Waals surface area contributed by atoms with E-state index in [1.807, 2.05) is 0 Å². The van der Waals surface area contributed by atoms with E-state index in [1.54, 1.807) is 6.92 Å². The first kappa shape index (κ1) is 24.4. The van der Waals surface area contributed by atoms with Gasteiger partial charge in [-0.15, -0.1) is 0 Å². The number of carbonyl (C=O) groups is 1. The molecule has 2 heteroatoms. The summed E-state index contributed by atoms with van der Waals surface area (Å²) in [6, 6.07) is 0. The van der Waals surface area contributed by atoms with Crippen molar-refractivity contribution in [1.29, 1.82) is 0 Å². The molecule has 1 unspecified atom stereocenters. The molecule has 1 atom stereocenters. The molecule has 0 amide bonds. The Kier molecular flexibility index (Phi) is 12.4. The van der Waals surface area contributed by atoms with Gasteiger partial charge in [0, 0.05) is 6.42 Å². The fourth-order valence-electron chi connectivity index (χ4n) is 3.75. The van der Waals surface area contributed by atoms with Crippen LogP contribution >= 0.6 is 0 Å². The zero-order valence-corrected chi connectivity index (χ0v) is 17.9. The molecule has 25 heavy (non-hydrogen) atoms. The van der Waals surface area contributed by atoms with Crippen molar-refractivity contribution in [2.24, 2.45) is 10.8 Å². The third-order valence-electron chi connectivity index (χ3n) is 5.18. The van der Waals surface area contributed by atoms with Gasteiger partial charge in [0.05, 0.1) is 6.10 Å². The van der Waals surface area contributed by atoms with Gasteiger partial charge < -0.3 is 9.90 Å². The summed E-state index contributed by atoms with van der Waals surface area (Å²) in [5.41, 5.74) is 0.538. The van der Waals surface area contributed by atoms with E-state index >= 15 is 0 Å². The van der Waals surface area contributed by atoms with Gasteiger partial charge in [-0.25, -0.2) is 0 Å². The average molecular weight is 353 g/mol. The first-order valence-corrected chi connectivity index (χ1v) is 10.4. The van der Waals surface area contributed by atoms with Crippen LogP contribution in [0.3, 0.4) is 0 Å². The summed E-state index contributed by atoms with van der Waals surface area (Å²) in [5.74, 6) is 0.308. The van der Waals surface area contributed by atoms with E-state index in [0.717, 1.165) is 38.5 Å². The summed E-state index contributed by atoms with van der Waals surface area (Å²) < 4.78 is 0. The van der Waals surface area contributed by atoms with Crippen LogP contribution in [-0.4, -0.2) is 17.0 Å². The third kappa shape index (κ3) is 15.3. The Morgan fingerprint density at radius 2 is 1.56 bits per heavy atom. The molecule has 0 bridgehead atoms. The lowest BCUT2D eigenvalue weighted by Crippen LogP contribution is -2.26. The van der Waals surface area contributed by atoms with Crippen molar-refractivity contribution in [1.82, 2.24) is 0 Å². The van der Waals surface area contributed by atoms with Crippen LogP contribution in [0.1, 0.15) is 112 Å². The predicted octanol–water partition coefficient (Wildman–Crippen LogP) is 6.86. The Balaban J connectivity index is 3.78. The molecule has 0 spiro atoms. The maximum absolute atomic E-state index is 10.8. The minimum absolute atomic E-state index is 0.187. The monoisotopic (exact) mass is 352 g/mol. The van der Waals surface area contributed by atoms with Gasteiger partial charge in [0.25, 0.3) is 0 Å². The molecule has 0 radical (unpaired) electrons. The Bertz CT molecular complexity index is 380. The number of unbranched alkanes of at least 4 members (excludes halogenated alkanes) is 5. The van der Waals surface area contributed by atoms with Gasteiger partial charge in [0.1, 0.15) is 5.78 Å². The van der Waals surface area contributed by atoms with Crippen molar-refractivity contribution >= 4 is 5.78 Å². The van der Waals surface area contributed by atoms with Crippen molar-refractivity contribution in [3.8, 4) is 0 Å². The van der Waals surface area contributed by atoms with Gasteiger partial charge in [-0.2, -0.15) is 0 Å². The smallest absolute Gasteiger partial charge is 0.129 e. The van der Waals surface area contributed by atoms with Crippen molar-refractivity contribution in [2.45, 2.75) is 118 Å². The second-order valence-electron chi connectivity index (χ2n) is 9.43. The van der Waals surface area contributed by atoms with Crippen LogP contribution in [0, 0.1) is 10.8 Å². The third-order valence-corrected chi connectivity index (χ3v) is 5.18. The molecule has 0 aliphatic rings. The highest BCUT2D eigenvalue weighted by Crippen LogP contribution is 2.39. The summed E-state index contributed by atoms with van der Waals surface area (Å²) in [7, 11) is 0. The van der Waals surface area contributed by atoms with Crippen LogP contribution in [0.5, 0.6) is 0 Å². The fourth-order valence-corrected chi connectivity index (χ4v) is 3.75. The number of ketones is 1. The van der Waals surface area contributed by atoms with Crippen molar-refractivity contribution in [3.63, 3.8) is 0 Å². The number of allylic oxidation sites excluding steroid dienone is 1.